The maximum absolute atomic E-state index is 14.7. The van der Waals surface area contributed by atoms with Crippen LogP contribution in [0.3, 0.4) is 0 Å². The second-order valence-electron chi connectivity index (χ2n) is 9.92. The van der Waals surface area contributed by atoms with Gasteiger partial charge in [0, 0.05) is 24.7 Å². The van der Waals surface area contributed by atoms with Crippen molar-refractivity contribution in [1.82, 2.24) is 0 Å². The number of rotatable bonds is 3. The van der Waals surface area contributed by atoms with Gasteiger partial charge in [-0.1, -0.05) is 12.5 Å². The predicted molar refractivity (Wildman–Crippen MR) is 102 cm³/mol. The molecule has 5 heteroatoms. The Balaban J connectivity index is 1.66. The lowest BCUT2D eigenvalue weighted by atomic mass is 9.46. The van der Waals surface area contributed by atoms with Crippen molar-refractivity contribution in [3.8, 4) is 0 Å². The summed E-state index contributed by atoms with van der Waals surface area (Å²) in [5, 5.41) is 0. The molecular weight excluding hydrogens is 362 g/mol. The Morgan fingerprint density at radius 1 is 1.14 bits per heavy atom. The molecule has 3 nitrogen and oxygen atoms in total. The van der Waals surface area contributed by atoms with Crippen LogP contribution in [0.5, 0.6) is 0 Å². The lowest BCUT2D eigenvalue weighted by Crippen LogP contribution is -2.55. The van der Waals surface area contributed by atoms with Crippen LogP contribution in [0.1, 0.15) is 72.1 Å². The summed E-state index contributed by atoms with van der Waals surface area (Å²) in [5.74, 6) is 0.235. The van der Waals surface area contributed by atoms with E-state index in [1.807, 2.05) is 6.08 Å². The number of ether oxygens (including phenoxy) is 1. The highest BCUT2D eigenvalue weighted by Crippen LogP contribution is 2.68. The molecule has 0 aliphatic heterocycles. The Labute approximate surface area is 166 Å². The number of fused-ring (bicyclic) bond motifs is 5. The van der Waals surface area contributed by atoms with Gasteiger partial charge in [0.05, 0.1) is 0 Å². The van der Waals surface area contributed by atoms with Crippen LogP contribution in [-0.2, 0) is 14.3 Å². The number of ketones is 1. The zero-order valence-electron chi connectivity index (χ0n) is 17.2. The second kappa shape index (κ2) is 6.91. The van der Waals surface area contributed by atoms with Gasteiger partial charge in [-0.05, 0) is 81.1 Å². The van der Waals surface area contributed by atoms with Crippen molar-refractivity contribution in [2.45, 2.75) is 84.7 Å². The molecule has 156 valence electrons. The minimum Gasteiger partial charge on any atom is -0.463 e. The first-order valence-corrected chi connectivity index (χ1v) is 10.9. The Kier molecular flexibility index (Phi) is 4.95. The van der Waals surface area contributed by atoms with Crippen LogP contribution >= 0.6 is 0 Å². The Morgan fingerprint density at radius 3 is 2.57 bits per heavy atom. The first kappa shape index (κ1) is 20.0. The zero-order chi connectivity index (χ0) is 20.3. The van der Waals surface area contributed by atoms with E-state index in [9.17, 15) is 18.4 Å². The minimum atomic E-state index is -2.39. The normalized spacial score (nSPS) is 43.6. The summed E-state index contributed by atoms with van der Waals surface area (Å²) in [6, 6.07) is 0. The molecule has 0 aromatic carbocycles. The number of alkyl halides is 2. The van der Waals surface area contributed by atoms with Gasteiger partial charge in [-0.2, -0.15) is 0 Å². The zero-order valence-corrected chi connectivity index (χ0v) is 17.2. The third-order valence-electron chi connectivity index (χ3n) is 8.94. The second-order valence-corrected chi connectivity index (χ2v) is 9.92. The van der Waals surface area contributed by atoms with E-state index < -0.39 is 17.9 Å². The summed E-state index contributed by atoms with van der Waals surface area (Å²) in [6.45, 7) is 5.42. The van der Waals surface area contributed by atoms with Crippen molar-refractivity contribution in [1.29, 1.82) is 0 Å². The summed E-state index contributed by atoms with van der Waals surface area (Å²) in [7, 11) is 0. The van der Waals surface area contributed by atoms with E-state index in [1.54, 1.807) is 6.92 Å². The van der Waals surface area contributed by atoms with Gasteiger partial charge in [-0.3, -0.25) is 9.59 Å². The molecule has 3 fully saturated rings. The molecule has 0 spiro atoms. The summed E-state index contributed by atoms with van der Waals surface area (Å²) in [5.41, 5.74) is 0.223. The van der Waals surface area contributed by atoms with Crippen LogP contribution in [0.2, 0.25) is 0 Å². The summed E-state index contributed by atoms with van der Waals surface area (Å²) < 4.78 is 34.7. The number of hydrogen-bond donors (Lipinski definition) is 0. The molecule has 4 aliphatic carbocycles. The predicted octanol–water partition coefficient (Wildman–Crippen LogP) is 5.33. The highest BCUT2D eigenvalue weighted by molar-refractivity contribution is 5.91. The molecule has 0 aromatic heterocycles. The summed E-state index contributed by atoms with van der Waals surface area (Å²) >= 11 is 0. The van der Waals surface area contributed by atoms with Crippen molar-refractivity contribution >= 4 is 11.8 Å². The van der Waals surface area contributed by atoms with Gasteiger partial charge in [-0.25, -0.2) is 8.78 Å². The van der Waals surface area contributed by atoms with Gasteiger partial charge in [0.15, 0.2) is 5.78 Å². The number of allylic oxidation sites excluding steroid dienone is 1. The van der Waals surface area contributed by atoms with Crippen molar-refractivity contribution < 1.29 is 23.1 Å². The number of carbonyl (C=O) groups is 2. The van der Waals surface area contributed by atoms with Gasteiger partial charge >= 0.3 is 5.97 Å². The maximum Gasteiger partial charge on any atom is 0.302 e. The van der Waals surface area contributed by atoms with E-state index in [1.165, 1.54) is 12.5 Å². The van der Waals surface area contributed by atoms with Crippen LogP contribution in [0.15, 0.2) is 11.6 Å². The molecule has 0 amide bonds. The minimum absolute atomic E-state index is 0.00902. The molecule has 0 heterocycles. The monoisotopic (exact) mass is 394 g/mol. The number of halogens is 2. The lowest BCUT2D eigenvalue weighted by molar-refractivity contribution is -0.171. The third-order valence-corrected chi connectivity index (χ3v) is 8.94. The molecule has 0 aromatic rings. The Morgan fingerprint density at radius 2 is 1.89 bits per heavy atom. The van der Waals surface area contributed by atoms with Crippen LogP contribution in [-0.4, -0.2) is 24.3 Å². The molecule has 4 aliphatic rings. The van der Waals surface area contributed by atoms with Crippen molar-refractivity contribution in [2.75, 3.05) is 0 Å². The molecule has 0 saturated heterocycles. The molecular formula is C23H32F2O3. The van der Waals surface area contributed by atoms with E-state index in [2.05, 4.69) is 6.92 Å². The fourth-order valence-electron chi connectivity index (χ4n) is 7.77. The van der Waals surface area contributed by atoms with Gasteiger partial charge in [0.25, 0.3) is 0 Å². The Bertz CT molecular complexity index is 702. The molecule has 28 heavy (non-hydrogen) atoms. The SMILES string of the molecule is CC(=O)OC(C)[C@H]1CC[C@H]2[C@@H]3CCC4=CC(=O)CC[C@]4(C)[C@H]3CC[C@]12C(F)F. The van der Waals surface area contributed by atoms with E-state index in [0.717, 1.165) is 32.1 Å². The average molecular weight is 395 g/mol. The molecule has 0 bridgehead atoms. The molecule has 7 atom stereocenters. The maximum atomic E-state index is 14.7. The van der Waals surface area contributed by atoms with Crippen molar-refractivity contribution in [3.05, 3.63) is 11.6 Å². The van der Waals surface area contributed by atoms with E-state index >= 15 is 0 Å². The summed E-state index contributed by atoms with van der Waals surface area (Å²) in [4.78, 5) is 23.4. The number of hydrogen-bond acceptors (Lipinski definition) is 3. The van der Waals surface area contributed by atoms with Gasteiger partial charge in [-0.15, -0.1) is 0 Å². The average Bonchev–Trinajstić information content (AvgIpc) is 3.03. The van der Waals surface area contributed by atoms with E-state index in [4.69, 9.17) is 4.74 Å². The van der Waals surface area contributed by atoms with Crippen LogP contribution in [0, 0.1) is 34.5 Å². The van der Waals surface area contributed by atoms with Gasteiger partial charge < -0.3 is 4.74 Å². The first-order valence-electron chi connectivity index (χ1n) is 10.9. The lowest BCUT2D eigenvalue weighted by Gasteiger charge is -2.58. The summed E-state index contributed by atoms with van der Waals surface area (Å²) in [6.07, 6.45) is 5.03. The topological polar surface area (TPSA) is 43.4 Å². The molecule has 1 unspecified atom stereocenters. The van der Waals surface area contributed by atoms with Crippen molar-refractivity contribution in [3.63, 3.8) is 0 Å². The van der Waals surface area contributed by atoms with E-state index in [0.29, 0.717) is 25.2 Å². The van der Waals surface area contributed by atoms with Crippen LogP contribution in [0.25, 0.3) is 0 Å². The van der Waals surface area contributed by atoms with E-state index in [-0.39, 0.29) is 34.9 Å². The van der Waals surface area contributed by atoms with Crippen LogP contribution < -0.4 is 0 Å². The quantitative estimate of drug-likeness (QED) is 0.608. The third kappa shape index (κ3) is 2.79. The first-order chi connectivity index (χ1) is 13.2. The van der Waals surface area contributed by atoms with Gasteiger partial charge in [0.1, 0.15) is 6.10 Å². The molecule has 0 radical (unpaired) electrons. The largest absolute Gasteiger partial charge is 0.463 e. The smallest absolute Gasteiger partial charge is 0.302 e. The van der Waals surface area contributed by atoms with Crippen LogP contribution in [0.4, 0.5) is 8.78 Å². The Hall–Kier alpha value is -1.26. The highest BCUT2D eigenvalue weighted by atomic mass is 19.3. The number of esters is 1. The molecule has 3 saturated carbocycles. The van der Waals surface area contributed by atoms with Crippen molar-refractivity contribution in [2.24, 2.45) is 34.5 Å². The highest BCUT2D eigenvalue weighted by Gasteiger charge is 2.65. The fraction of sp³-hybridized carbons (Fsp3) is 0.826. The van der Waals surface area contributed by atoms with Gasteiger partial charge in [0.2, 0.25) is 6.43 Å². The standard InChI is InChI=1S/C23H32F2O3/c1-13(28-14(2)26)18-6-7-20-17-5-4-15-12-16(27)8-10-22(15,3)19(17)9-11-23(18,20)21(24)25/h12-13,17-21H,4-11H2,1-3H3/t13?,17-,18-,19+,20+,22+,23+/m1/s1. The molecule has 4 rings (SSSR count). The molecule has 0 N–H and O–H groups in total. The fourth-order valence-corrected chi connectivity index (χ4v) is 7.77. The number of carbonyl (C=O) groups excluding carboxylic acids is 2.